The van der Waals surface area contributed by atoms with Crippen molar-refractivity contribution in [3.63, 3.8) is 0 Å². The second kappa shape index (κ2) is 6.67. The van der Waals surface area contributed by atoms with Gasteiger partial charge in [0.2, 0.25) is 0 Å². The van der Waals surface area contributed by atoms with Crippen molar-refractivity contribution >= 4 is 6.03 Å². The van der Waals surface area contributed by atoms with E-state index in [1.807, 2.05) is 11.8 Å². The number of likely N-dealkylation sites (tertiary alicyclic amines) is 1. The standard InChI is InChI=1S/C11H22N2O2/c1-2-12(9-10-14)11(15)13-7-5-3-4-6-8-13/h14H,2-10H2,1H3. The van der Waals surface area contributed by atoms with E-state index in [4.69, 9.17) is 5.11 Å². The smallest absolute Gasteiger partial charge is 0.320 e. The van der Waals surface area contributed by atoms with Crippen LogP contribution in [0, 0.1) is 0 Å². The lowest BCUT2D eigenvalue weighted by atomic mass is 10.2. The molecule has 0 aromatic carbocycles. The molecule has 0 aliphatic carbocycles. The number of likely N-dealkylation sites (N-methyl/N-ethyl adjacent to an activating group) is 1. The van der Waals surface area contributed by atoms with Gasteiger partial charge in [0.25, 0.3) is 0 Å². The Balaban J connectivity index is 2.47. The van der Waals surface area contributed by atoms with Gasteiger partial charge in [0, 0.05) is 26.2 Å². The number of hydrogen-bond acceptors (Lipinski definition) is 2. The molecule has 1 heterocycles. The highest BCUT2D eigenvalue weighted by atomic mass is 16.3. The van der Waals surface area contributed by atoms with Crippen LogP contribution in [0.4, 0.5) is 4.79 Å². The average molecular weight is 214 g/mol. The van der Waals surface area contributed by atoms with E-state index in [1.54, 1.807) is 4.90 Å². The van der Waals surface area contributed by atoms with E-state index >= 15 is 0 Å². The fraction of sp³-hybridized carbons (Fsp3) is 0.909. The van der Waals surface area contributed by atoms with Crippen molar-refractivity contribution in [1.82, 2.24) is 9.80 Å². The van der Waals surface area contributed by atoms with Crippen molar-refractivity contribution in [2.24, 2.45) is 0 Å². The third kappa shape index (κ3) is 3.70. The molecule has 4 heteroatoms. The molecule has 1 N–H and O–H groups in total. The summed E-state index contributed by atoms with van der Waals surface area (Å²) in [5, 5.41) is 8.86. The van der Waals surface area contributed by atoms with E-state index in [9.17, 15) is 4.79 Å². The summed E-state index contributed by atoms with van der Waals surface area (Å²) in [6.07, 6.45) is 4.69. The molecule has 0 aromatic heterocycles. The molecule has 0 aromatic rings. The Morgan fingerprint density at radius 1 is 1.27 bits per heavy atom. The Morgan fingerprint density at radius 2 is 1.87 bits per heavy atom. The van der Waals surface area contributed by atoms with Crippen LogP contribution in [-0.4, -0.2) is 53.7 Å². The fourth-order valence-corrected chi connectivity index (χ4v) is 1.97. The van der Waals surface area contributed by atoms with Crippen molar-refractivity contribution in [3.05, 3.63) is 0 Å². The third-order valence-corrected chi connectivity index (χ3v) is 2.90. The first-order valence-corrected chi connectivity index (χ1v) is 5.94. The predicted molar refractivity (Wildman–Crippen MR) is 59.8 cm³/mol. The Hall–Kier alpha value is -0.770. The van der Waals surface area contributed by atoms with Crippen molar-refractivity contribution < 1.29 is 9.90 Å². The Kier molecular flexibility index (Phi) is 5.47. The minimum Gasteiger partial charge on any atom is -0.395 e. The maximum atomic E-state index is 12.0. The molecular formula is C11H22N2O2. The number of amides is 2. The first-order chi connectivity index (χ1) is 7.29. The highest BCUT2D eigenvalue weighted by molar-refractivity contribution is 5.74. The molecule has 0 radical (unpaired) electrons. The van der Waals surface area contributed by atoms with E-state index in [2.05, 4.69) is 0 Å². The molecule has 15 heavy (non-hydrogen) atoms. The number of aliphatic hydroxyl groups is 1. The lowest BCUT2D eigenvalue weighted by Gasteiger charge is -2.28. The largest absolute Gasteiger partial charge is 0.395 e. The average Bonchev–Trinajstić information content (AvgIpc) is 2.53. The minimum absolute atomic E-state index is 0.0490. The summed E-state index contributed by atoms with van der Waals surface area (Å²) in [5.74, 6) is 0. The topological polar surface area (TPSA) is 43.8 Å². The second-order valence-electron chi connectivity index (χ2n) is 3.99. The normalized spacial score (nSPS) is 17.3. The first kappa shape index (κ1) is 12.3. The molecule has 1 fully saturated rings. The van der Waals surface area contributed by atoms with Gasteiger partial charge in [-0.3, -0.25) is 0 Å². The van der Waals surface area contributed by atoms with Crippen LogP contribution in [0.3, 0.4) is 0 Å². The summed E-state index contributed by atoms with van der Waals surface area (Å²) >= 11 is 0. The molecule has 1 aliphatic rings. The molecule has 0 atom stereocenters. The van der Waals surface area contributed by atoms with Crippen molar-refractivity contribution in [1.29, 1.82) is 0 Å². The number of carbonyl (C=O) groups excluding carboxylic acids is 1. The molecule has 1 aliphatic heterocycles. The number of urea groups is 1. The Bertz CT molecular complexity index is 189. The van der Waals surface area contributed by atoms with Crippen LogP contribution in [0.1, 0.15) is 32.6 Å². The summed E-state index contributed by atoms with van der Waals surface area (Å²) in [6, 6.07) is 0.0912. The maximum absolute atomic E-state index is 12.0. The summed E-state index contributed by atoms with van der Waals surface area (Å²) in [5.41, 5.74) is 0. The van der Waals surface area contributed by atoms with Crippen LogP contribution in [-0.2, 0) is 0 Å². The maximum Gasteiger partial charge on any atom is 0.320 e. The Labute approximate surface area is 91.9 Å². The minimum atomic E-state index is 0.0490. The molecule has 1 saturated heterocycles. The van der Waals surface area contributed by atoms with E-state index in [1.165, 1.54) is 12.8 Å². The third-order valence-electron chi connectivity index (χ3n) is 2.90. The van der Waals surface area contributed by atoms with Gasteiger partial charge in [-0.1, -0.05) is 12.8 Å². The molecule has 0 bridgehead atoms. The molecule has 4 nitrogen and oxygen atoms in total. The monoisotopic (exact) mass is 214 g/mol. The first-order valence-electron chi connectivity index (χ1n) is 5.94. The van der Waals surface area contributed by atoms with Gasteiger partial charge in [-0.25, -0.2) is 4.79 Å². The zero-order valence-corrected chi connectivity index (χ0v) is 9.61. The molecule has 0 spiro atoms. The van der Waals surface area contributed by atoms with Crippen molar-refractivity contribution in [2.45, 2.75) is 32.6 Å². The molecule has 0 unspecified atom stereocenters. The van der Waals surface area contributed by atoms with Crippen molar-refractivity contribution in [2.75, 3.05) is 32.8 Å². The predicted octanol–water partition coefficient (Wildman–Crippen LogP) is 1.30. The number of rotatable bonds is 3. The number of aliphatic hydroxyl groups excluding tert-OH is 1. The van der Waals surface area contributed by atoms with Gasteiger partial charge >= 0.3 is 6.03 Å². The quantitative estimate of drug-likeness (QED) is 0.769. The van der Waals surface area contributed by atoms with Crippen LogP contribution in [0.5, 0.6) is 0 Å². The van der Waals surface area contributed by atoms with E-state index < -0.39 is 0 Å². The fourth-order valence-electron chi connectivity index (χ4n) is 1.97. The van der Waals surface area contributed by atoms with E-state index in [0.717, 1.165) is 25.9 Å². The van der Waals surface area contributed by atoms with Gasteiger partial charge in [0.05, 0.1) is 6.61 Å². The van der Waals surface area contributed by atoms with Gasteiger partial charge in [0.1, 0.15) is 0 Å². The number of nitrogens with zero attached hydrogens (tertiary/aromatic N) is 2. The summed E-state index contributed by atoms with van der Waals surface area (Å²) in [6.45, 7) is 4.88. The van der Waals surface area contributed by atoms with Crippen molar-refractivity contribution in [3.8, 4) is 0 Å². The zero-order valence-electron chi connectivity index (χ0n) is 9.61. The van der Waals surface area contributed by atoms with Crippen LogP contribution in [0.15, 0.2) is 0 Å². The van der Waals surface area contributed by atoms with Crippen LogP contribution in [0.25, 0.3) is 0 Å². The van der Waals surface area contributed by atoms with Crippen LogP contribution in [0.2, 0.25) is 0 Å². The van der Waals surface area contributed by atoms with Gasteiger partial charge in [0.15, 0.2) is 0 Å². The highest BCUT2D eigenvalue weighted by Crippen LogP contribution is 2.11. The lowest BCUT2D eigenvalue weighted by molar-refractivity contribution is 0.143. The summed E-state index contributed by atoms with van der Waals surface area (Å²) in [4.78, 5) is 15.6. The lowest BCUT2D eigenvalue weighted by Crippen LogP contribution is -2.44. The van der Waals surface area contributed by atoms with Crippen LogP contribution < -0.4 is 0 Å². The zero-order chi connectivity index (χ0) is 11.1. The SMILES string of the molecule is CCN(CCO)C(=O)N1CCCCCC1. The van der Waals surface area contributed by atoms with Gasteiger partial charge in [-0.2, -0.15) is 0 Å². The van der Waals surface area contributed by atoms with E-state index in [-0.39, 0.29) is 12.6 Å². The molecule has 1 rings (SSSR count). The summed E-state index contributed by atoms with van der Waals surface area (Å²) in [7, 11) is 0. The molecule has 2 amide bonds. The molecular weight excluding hydrogens is 192 g/mol. The van der Waals surface area contributed by atoms with E-state index in [0.29, 0.717) is 13.1 Å². The van der Waals surface area contributed by atoms with Crippen LogP contribution >= 0.6 is 0 Å². The van der Waals surface area contributed by atoms with Gasteiger partial charge < -0.3 is 14.9 Å². The Morgan fingerprint density at radius 3 is 2.33 bits per heavy atom. The van der Waals surface area contributed by atoms with Gasteiger partial charge in [-0.15, -0.1) is 0 Å². The number of carbonyl (C=O) groups is 1. The second-order valence-corrected chi connectivity index (χ2v) is 3.99. The molecule has 0 saturated carbocycles. The molecule has 88 valence electrons. The summed E-state index contributed by atoms with van der Waals surface area (Å²) < 4.78 is 0. The number of hydrogen-bond donors (Lipinski definition) is 1. The highest BCUT2D eigenvalue weighted by Gasteiger charge is 2.19. The van der Waals surface area contributed by atoms with Gasteiger partial charge in [-0.05, 0) is 19.8 Å².